The molecule has 8 heteroatoms. The van der Waals surface area contributed by atoms with E-state index in [4.69, 9.17) is 5.11 Å². The molecule has 0 saturated carbocycles. The Kier molecular flexibility index (Phi) is 5.77. The molecule has 0 atom stereocenters. The van der Waals surface area contributed by atoms with E-state index in [0.29, 0.717) is 16.7 Å². The Morgan fingerprint density at radius 3 is 2.48 bits per heavy atom. The fourth-order valence-corrected chi connectivity index (χ4v) is 2.23. The summed E-state index contributed by atoms with van der Waals surface area (Å²) in [6.45, 7) is 6.06. The predicted molar refractivity (Wildman–Crippen MR) is 80.8 cm³/mol. The minimum atomic E-state index is -0.874. The molecule has 1 aromatic heterocycles. The number of carbonyl (C=O) groups excluding carboxylic acids is 1. The standard InChI is InChI=1S/C13H22N4O3S/c1-6-13(2,3)10-14-11(21-8-7-9(18)19)17(15-10)12(20)16(4)5/h6-8H2,1-5H3,(H,18,19). The van der Waals surface area contributed by atoms with Crippen LogP contribution in [0.25, 0.3) is 0 Å². The van der Waals surface area contributed by atoms with Crippen LogP contribution in [-0.4, -0.2) is 56.6 Å². The van der Waals surface area contributed by atoms with Crippen molar-refractivity contribution in [3.63, 3.8) is 0 Å². The van der Waals surface area contributed by atoms with E-state index < -0.39 is 5.97 Å². The zero-order chi connectivity index (χ0) is 16.2. The lowest BCUT2D eigenvalue weighted by Crippen LogP contribution is -2.29. The van der Waals surface area contributed by atoms with Crippen LogP contribution in [0.15, 0.2) is 5.16 Å². The molecule has 7 nitrogen and oxygen atoms in total. The number of amides is 1. The molecule has 0 unspecified atom stereocenters. The Morgan fingerprint density at radius 2 is 2.00 bits per heavy atom. The zero-order valence-corrected chi connectivity index (χ0v) is 13.9. The summed E-state index contributed by atoms with van der Waals surface area (Å²) < 4.78 is 1.25. The third kappa shape index (κ3) is 4.45. The smallest absolute Gasteiger partial charge is 0.346 e. The van der Waals surface area contributed by atoms with E-state index in [1.807, 2.05) is 20.8 Å². The van der Waals surface area contributed by atoms with Crippen molar-refractivity contribution in [1.29, 1.82) is 0 Å². The highest BCUT2D eigenvalue weighted by molar-refractivity contribution is 7.99. The minimum absolute atomic E-state index is 0.0141. The van der Waals surface area contributed by atoms with Crippen molar-refractivity contribution in [2.45, 2.75) is 44.2 Å². The van der Waals surface area contributed by atoms with Gasteiger partial charge in [0.15, 0.2) is 11.0 Å². The predicted octanol–water partition coefficient (Wildman–Crippen LogP) is 2.06. The maximum atomic E-state index is 12.1. The van der Waals surface area contributed by atoms with Crippen molar-refractivity contribution in [2.75, 3.05) is 19.8 Å². The fraction of sp³-hybridized carbons (Fsp3) is 0.692. The van der Waals surface area contributed by atoms with E-state index in [1.165, 1.54) is 21.3 Å². The van der Waals surface area contributed by atoms with Gasteiger partial charge in [0.05, 0.1) is 6.42 Å². The van der Waals surface area contributed by atoms with Crippen molar-refractivity contribution >= 4 is 23.8 Å². The first-order chi connectivity index (χ1) is 9.69. The van der Waals surface area contributed by atoms with Crippen molar-refractivity contribution in [2.24, 2.45) is 0 Å². The minimum Gasteiger partial charge on any atom is -0.481 e. The fourth-order valence-electron chi connectivity index (χ4n) is 1.38. The number of carboxylic acids is 1. The lowest BCUT2D eigenvalue weighted by molar-refractivity contribution is -0.136. The molecule has 0 aliphatic rings. The second-order valence-corrected chi connectivity index (χ2v) is 6.60. The number of hydrogen-bond acceptors (Lipinski definition) is 5. The lowest BCUT2D eigenvalue weighted by Gasteiger charge is -2.17. The molecule has 1 amide bonds. The highest BCUT2D eigenvalue weighted by Gasteiger charge is 2.27. The van der Waals surface area contributed by atoms with Crippen molar-refractivity contribution in [3.05, 3.63) is 5.82 Å². The number of aliphatic carboxylic acids is 1. The molecule has 0 bridgehead atoms. The number of carboxylic acid groups (broad SMARTS) is 1. The van der Waals surface area contributed by atoms with Crippen LogP contribution in [-0.2, 0) is 10.2 Å². The summed E-state index contributed by atoms with van der Waals surface area (Å²) >= 11 is 1.23. The Balaban J connectivity index is 3.07. The van der Waals surface area contributed by atoms with Gasteiger partial charge in [0.1, 0.15) is 0 Å². The van der Waals surface area contributed by atoms with Gasteiger partial charge < -0.3 is 10.0 Å². The maximum Gasteiger partial charge on any atom is 0.346 e. The molecular weight excluding hydrogens is 292 g/mol. The van der Waals surface area contributed by atoms with Crippen molar-refractivity contribution < 1.29 is 14.7 Å². The van der Waals surface area contributed by atoms with Crippen molar-refractivity contribution in [1.82, 2.24) is 19.7 Å². The maximum absolute atomic E-state index is 12.1. The van der Waals surface area contributed by atoms with Gasteiger partial charge in [-0.25, -0.2) is 9.78 Å². The molecule has 21 heavy (non-hydrogen) atoms. The summed E-state index contributed by atoms with van der Waals surface area (Å²) in [5.41, 5.74) is -0.236. The second kappa shape index (κ2) is 6.93. The monoisotopic (exact) mass is 314 g/mol. The van der Waals surface area contributed by atoms with Gasteiger partial charge in [-0.1, -0.05) is 32.5 Å². The molecule has 1 aromatic rings. The Bertz CT molecular complexity index is 525. The molecule has 0 radical (unpaired) electrons. The topological polar surface area (TPSA) is 88.3 Å². The number of nitrogens with zero attached hydrogens (tertiary/aromatic N) is 4. The molecule has 0 aromatic carbocycles. The van der Waals surface area contributed by atoms with Crippen LogP contribution in [0, 0.1) is 0 Å². The number of carbonyl (C=O) groups is 2. The first kappa shape index (κ1) is 17.5. The van der Waals surface area contributed by atoms with Gasteiger partial charge in [-0.15, -0.1) is 5.10 Å². The summed E-state index contributed by atoms with van der Waals surface area (Å²) in [7, 11) is 3.28. The molecule has 0 spiro atoms. The SMILES string of the molecule is CCC(C)(C)c1nc(SCCC(=O)O)n(C(=O)N(C)C)n1. The first-order valence-corrected chi connectivity index (χ1v) is 7.71. The zero-order valence-electron chi connectivity index (χ0n) is 13.1. The number of hydrogen-bond donors (Lipinski definition) is 1. The second-order valence-electron chi connectivity index (χ2n) is 5.54. The van der Waals surface area contributed by atoms with E-state index in [1.54, 1.807) is 14.1 Å². The van der Waals surface area contributed by atoms with Crippen LogP contribution in [0.1, 0.15) is 39.4 Å². The largest absolute Gasteiger partial charge is 0.481 e. The molecule has 1 rings (SSSR count). The van der Waals surface area contributed by atoms with Gasteiger partial charge in [-0.05, 0) is 6.42 Å². The summed E-state index contributed by atoms with van der Waals surface area (Å²) in [6, 6.07) is -0.293. The van der Waals surface area contributed by atoms with Gasteiger partial charge in [-0.2, -0.15) is 4.68 Å². The van der Waals surface area contributed by atoms with E-state index in [0.717, 1.165) is 6.42 Å². The highest BCUT2D eigenvalue weighted by atomic mass is 32.2. The quantitative estimate of drug-likeness (QED) is 0.809. The van der Waals surface area contributed by atoms with Crippen LogP contribution >= 0.6 is 11.8 Å². The van der Waals surface area contributed by atoms with Gasteiger partial charge in [-0.3, -0.25) is 4.79 Å². The summed E-state index contributed by atoms with van der Waals surface area (Å²) in [4.78, 5) is 28.6. The molecule has 0 aliphatic carbocycles. The lowest BCUT2D eigenvalue weighted by atomic mass is 9.90. The van der Waals surface area contributed by atoms with Gasteiger partial charge in [0.2, 0.25) is 0 Å². The molecule has 0 saturated heterocycles. The Hall–Kier alpha value is -1.57. The number of aromatic nitrogens is 3. The molecular formula is C13H22N4O3S. The van der Waals surface area contributed by atoms with Gasteiger partial charge >= 0.3 is 12.0 Å². The average Bonchev–Trinajstić information content (AvgIpc) is 2.82. The van der Waals surface area contributed by atoms with Crippen molar-refractivity contribution in [3.8, 4) is 0 Å². The number of thioether (sulfide) groups is 1. The van der Waals surface area contributed by atoms with Crippen LogP contribution in [0.4, 0.5) is 4.79 Å². The first-order valence-electron chi connectivity index (χ1n) is 6.72. The van der Waals surface area contributed by atoms with E-state index in [-0.39, 0.29) is 17.9 Å². The third-order valence-corrected chi connectivity index (χ3v) is 4.11. The molecule has 0 aliphatic heterocycles. The summed E-state index contributed by atoms with van der Waals surface area (Å²) in [6.07, 6.45) is 0.854. The molecule has 118 valence electrons. The van der Waals surface area contributed by atoms with E-state index in [9.17, 15) is 9.59 Å². The van der Waals surface area contributed by atoms with E-state index in [2.05, 4.69) is 10.1 Å². The average molecular weight is 314 g/mol. The van der Waals surface area contributed by atoms with Gasteiger partial charge in [0.25, 0.3) is 0 Å². The molecule has 1 N–H and O–H groups in total. The van der Waals surface area contributed by atoms with E-state index >= 15 is 0 Å². The summed E-state index contributed by atoms with van der Waals surface area (Å²) in [5, 5.41) is 13.5. The Morgan fingerprint density at radius 1 is 1.38 bits per heavy atom. The van der Waals surface area contributed by atoms with Crippen LogP contribution in [0.2, 0.25) is 0 Å². The van der Waals surface area contributed by atoms with Crippen LogP contribution in [0.3, 0.4) is 0 Å². The van der Waals surface area contributed by atoms with Crippen LogP contribution in [0.5, 0.6) is 0 Å². The Labute approximate surface area is 128 Å². The third-order valence-electron chi connectivity index (χ3n) is 3.18. The number of rotatable bonds is 6. The summed E-state index contributed by atoms with van der Waals surface area (Å²) in [5.74, 6) is 0.0698. The molecule has 1 heterocycles. The normalized spacial score (nSPS) is 11.5. The highest BCUT2D eigenvalue weighted by Crippen LogP contribution is 2.27. The van der Waals surface area contributed by atoms with Gasteiger partial charge in [0, 0.05) is 25.3 Å². The molecule has 0 fully saturated rings. The van der Waals surface area contributed by atoms with Crippen LogP contribution < -0.4 is 0 Å².